The number of carbonyl (C=O) groups is 1. The predicted molar refractivity (Wildman–Crippen MR) is 92.1 cm³/mol. The quantitative estimate of drug-likeness (QED) is 0.912. The van der Waals surface area contributed by atoms with Gasteiger partial charge in [-0.05, 0) is 25.5 Å². The number of rotatable bonds is 5. The fourth-order valence-electron chi connectivity index (χ4n) is 2.30. The molecule has 0 saturated carbocycles. The molecule has 0 radical (unpaired) electrons. The highest BCUT2D eigenvalue weighted by atomic mass is 16.2. The SMILES string of the molecule is Cc1nc(N(C)C)[nH]c(=O)c1CCC(=O)N(C)c1ccccc1. The largest absolute Gasteiger partial charge is 0.348 e. The highest BCUT2D eigenvalue weighted by molar-refractivity contribution is 5.92. The normalized spacial score (nSPS) is 10.4. The van der Waals surface area contributed by atoms with Crippen molar-refractivity contribution in [3.8, 4) is 0 Å². The van der Waals surface area contributed by atoms with Gasteiger partial charge in [0.25, 0.3) is 5.56 Å². The topological polar surface area (TPSA) is 69.3 Å². The molecule has 122 valence electrons. The minimum absolute atomic E-state index is 0.0355. The lowest BCUT2D eigenvalue weighted by Crippen LogP contribution is -2.28. The number of benzene rings is 1. The third kappa shape index (κ3) is 3.97. The molecule has 1 aromatic carbocycles. The van der Waals surface area contributed by atoms with Crippen molar-refractivity contribution in [1.29, 1.82) is 0 Å². The maximum absolute atomic E-state index is 12.3. The van der Waals surface area contributed by atoms with Crippen LogP contribution in [0.5, 0.6) is 0 Å². The van der Waals surface area contributed by atoms with Crippen LogP contribution in [0.15, 0.2) is 35.1 Å². The predicted octanol–water partition coefficient (Wildman–Crippen LogP) is 1.74. The summed E-state index contributed by atoms with van der Waals surface area (Å²) in [5.74, 6) is 0.482. The van der Waals surface area contributed by atoms with E-state index in [2.05, 4.69) is 9.97 Å². The molecule has 23 heavy (non-hydrogen) atoms. The molecule has 0 aliphatic carbocycles. The molecular formula is C17H22N4O2. The summed E-state index contributed by atoms with van der Waals surface area (Å²) in [7, 11) is 5.37. The van der Waals surface area contributed by atoms with Crippen LogP contribution in [0.1, 0.15) is 17.7 Å². The summed E-state index contributed by atoms with van der Waals surface area (Å²) in [6.45, 7) is 1.79. The van der Waals surface area contributed by atoms with Crippen LogP contribution in [0.4, 0.5) is 11.6 Å². The van der Waals surface area contributed by atoms with Crippen molar-refractivity contribution in [2.75, 3.05) is 30.9 Å². The van der Waals surface area contributed by atoms with Gasteiger partial charge in [-0.1, -0.05) is 18.2 Å². The first-order chi connectivity index (χ1) is 10.9. The van der Waals surface area contributed by atoms with Gasteiger partial charge >= 0.3 is 0 Å². The summed E-state index contributed by atoms with van der Waals surface area (Å²) in [6.07, 6.45) is 0.635. The van der Waals surface area contributed by atoms with Crippen molar-refractivity contribution in [2.45, 2.75) is 19.8 Å². The van der Waals surface area contributed by atoms with E-state index in [4.69, 9.17) is 0 Å². The molecule has 2 aromatic rings. The lowest BCUT2D eigenvalue weighted by molar-refractivity contribution is -0.118. The van der Waals surface area contributed by atoms with E-state index in [-0.39, 0.29) is 17.9 Å². The number of aromatic nitrogens is 2. The van der Waals surface area contributed by atoms with Gasteiger partial charge < -0.3 is 9.80 Å². The van der Waals surface area contributed by atoms with E-state index in [1.54, 1.807) is 23.8 Å². The average molecular weight is 314 g/mol. The third-order valence-corrected chi connectivity index (χ3v) is 3.74. The zero-order chi connectivity index (χ0) is 17.0. The number of aryl methyl sites for hydroxylation is 1. The summed E-state index contributed by atoms with van der Waals surface area (Å²) >= 11 is 0. The number of anilines is 2. The summed E-state index contributed by atoms with van der Waals surface area (Å²) in [4.78, 5) is 34.9. The summed E-state index contributed by atoms with van der Waals surface area (Å²) in [5, 5.41) is 0. The first-order valence-corrected chi connectivity index (χ1v) is 7.49. The minimum Gasteiger partial charge on any atom is -0.348 e. The second-order valence-corrected chi connectivity index (χ2v) is 5.64. The molecule has 2 rings (SSSR count). The van der Waals surface area contributed by atoms with E-state index in [0.29, 0.717) is 23.6 Å². The number of nitrogens with zero attached hydrogens (tertiary/aromatic N) is 3. The minimum atomic E-state index is -0.184. The summed E-state index contributed by atoms with van der Waals surface area (Å²) in [6, 6.07) is 9.44. The Morgan fingerprint density at radius 2 is 1.83 bits per heavy atom. The van der Waals surface area contributed by atoms with Gasteiger partial charge in [0.2, 0.25) is 11.9 Å². The second-order valence-electron chi connectivity index (χ2n) is 5.64. The molecule has 0 saturated heterocycles. The number of para-hydroxylation sites is 1. The van der Waals surface area contributed by atoms with Crippen LogP contribution in [0, 0.1) is 6.92 Å². The first kappa shape index (κ1) is 16.7. The zero-order valence-electron chi connectivity index (χ0n) is 14.0. The summed E-state index contributed by atoms with van der Waals surface area (Å²) < 4.78 is 0. The van der Waals surface area contributed by atoms with Crippen LogP contribution >= 0.6 is 0 Å². The number of amides is 1. The second kappa shape index (κ2) is 7.09. The van der Waals surface area contributed by atoms with Gasteiger partial charge in [-0.15, -0.1) is 0 Å². The smallest absolute Gasteiger partial charge is 0.255 e. The van der Waals surface area contributed by atoms with Crippen molar-refractivity contribution in [2.24, 2.45) is 0 Å². The van der Waals surface area contributed by atoms with Crippen LogP contribution in [-0.4, -0.2) is 37.0 Å². The van der Waals surface area contributed by atoms with E-state index >= 15 is 0 Å². The van der Waals surface area contributed by atoms with Gasteiger partial charge in [0.05, 0.1) is 0 Å². The Labute approximate surface area is 135 Å². The molecule has 0 fully saturated rings. The van der Waals surface area contributed by atoms with E-state index in [1.807, 2.05) is 44.4 Å². The molecule has 1 aromatic heterocycles. The lowest BCUT2D eigenvalue weighted by atomic mass is 10.1. The Kier molecular flexibility index (Phi) is 5.16. The Balaban J connectivity index is 2.09. The lowest BCUT2D eigenvalue weighted by Gasteiger charge is -2.17. The van der Waals surface area contributed by atoms with E-state index in [0.717, 1.165) is 5.69 Å². The first-order valence-electron chi connectivity index (χ1n) is 7.49. The fraction of sp³-hybridized carbons (Fsp3) is 0.353. The summed E-state index contributed by atoms with van der Waals surface area (Å²) in [5.41, 5.74) is 1.87. The number of carbonyl (C=O) groups excluding carboxylic acids is 1. The molecule has 1 N–H and O–H groups in total. The number of H-pyrrole nitrogens is 1. The number of aromatic amines is 1. The van der Waals surface area contributed by atoms with Crippen molar-refractivity contribution in [3.63, 3.8) is 0 Å². The van der Waals surface area contributed by atoms with Gasteiger partial charge in [0, 0.05) is 44.5 Å². The molecule has 0 atom stereocenters. The molecule has 1 heterocycles. The van der Waals surface area contributed by atoms with Gasteiger partial charge in [-0.3, -0.25) is 14.6 Å². The van der Waals surface area contributed by atoms with Gasteiger partial charge in [-0.2, -0.15) is 0 Å². The monoisotopic (exact) mass is 314 g/mol. The van der Waals surface area contributed by atoms with Crippen LogP contribution in [0.2, 0.25) is 0 Å². The maximum atomic E-state index is 12.3. The molecule has 0 aliphatic rings. The fourth-order valence-corrected chi connectivity index (χ4v) is 2.30. The van der Waals surface area contributed by atoms with Crippen molar-refractivity contribution < 1.29 is 4.79 Å². The molecular weight excluding hydrogens is 292 g/mol. The Morgan fingerprint density at radius 1 is 1.17 bits per heavy atom. The van der Waals surface area contributed by atoms with Crippen LogP contribution in [0.25, 0.3) is 0 Å². The molecule has 6 nitrogen and oxygen atoms in total. The van der Waals surface area contributed by atoms with Crippen LogP contribution in [-0.2, 0) is 11.2 Å². The third-order valence-electron chi connectivity index (χ3n) is 3.74. The maximum Gasteiger partial charge on any atom is 0.255 e. The Bertz CT molecular complexity index is 738. The van der Waals surface area contributed by atoms with E-state index < -0.39 is 0 Å². The van der Waals surface area contributed by atoms with Crippen molar-refractivity contribution in [3.05, 3.63) is 51.9 Å². The highest BCUT2D eigenvalue weighted by Gasteiger charge is 2.14. The highest BCUT2D eigenvalue weighted by Crippen LogP contribution is 2.13. The molecule has 1 amide bonds. The Hall–Kier alpha value is -2.63. The molecule has 6 heteroatoms. The van der Waals surface area contributed by atoms with Gasteiger partial charge in [0.15, 0.2) is 0 Å². The standard InChI is InChI=1S/C17H22N4O2/c1-12-14(16(23)19-17(18-12)20(2)3)10-11-15(22)21(4)13-8-6-5-7-9-13/h5-9H,10-11H2,1-4H3,(H,18,19,23). The molecule has 0 aliphatic heterocycles. The Morgan fingerprint density at radius 3 is 2.39 bits per heavy atom. The van der Waals surface area contributed by atoms with Gasteiger partial charge in [-0.25, -0.2) is 4.98 Å². The van der Waals surface area contributed by atoms with Gasteiger partial charge in [0.1, 0.15) is 0 Å². The number of nitrogens with one attached hydrogen (secondary N) is 1. The number of hydrogen-bond acceptors (Lipinski definition) is 4. The molecule has 0 bridgehead atoms. The van der Waals surface area contributed by atoms with Crippen LogP contribution < -0.4 is 15.4 Å². The average Bonchev–Trinajstić information content (AvgIpc) is 2.53. The zero-order valence-corrected chi connectivity index (χ0v) is 14.0. The van der Waals surface area contributed by atoms with Crippen LogP contribution in [0.3, 0.4) is 0 Å². The number of hydrogen-bond donors (Lipinski definition) is 1. The molecule has 0 unspecified atom stereocenters. The molecule has 0 spiro atoms. The van der Waals surface area contributed by atoms with E-state index in [9.17, 15) is 9.59 Å². The van der Waals surface area contributed by atoms with Crippen molar-refractivity contribution >= 4 is 17.5 Å². The van der Waals surface area contributed by atoms with Crippen molar-refractivity contribution in [1.82, 2.24) is 9.97 Å². The van der Waals surface area contributed by atoms with E-state index in [1.165, 1.54) is 0 Å².